The van der Waals surface area contributed by atoms with E-state index in [4.69, 9.17) is 5.73 Å². The molecule has 0 spiro atoms. The molecule has 2 rings (SSSR count). The molecule has 100 valence electrons. The first-order valence-corrected chi connectivity index (χ1v) is 6.56. The summed E-state index contributed by atoms with van der Waals surface area (Å²) < 4.78 is 13.7. The van der Waals surface area contributed by atoms with Gasteiger partial charge in [-0.1, -0.05) is 6.07 Å². The van der Waals surface area contributed by atoms with Crippen LogP contribution in [0, 0.1) is 5.82 Å². The van der Waals surface area contributed by atoms with Gasteiger partial charge in [-0.15, -0.1) is 0 Å². The number of rotatable bonds is 3. The molecule has 0 unspecified atom stereocenters. The fraction of sp³-hybridized carbons (Fsp3) is 0.571. The number of nitrogen functional groups attached to an aromatic ring is 1. The van der Waals surface area contributed by atoms with Crippen molar-refractivity contribution in [2.45, 2.75) is 26.4 Å². The number of nitrogens with two attached hydrogens (primary N) is 1. The van der Waals surface area contributed by atoms with Crippen molar-refractivity contribution in [3.63, 3.8) is 0 Å². The lowest BCUT2D eigenvalue weighted by Crippen LogP contribution is -2.48. The van der Waals surface area contributed by atoms with Gasteiger partial charge < -0.3 is 5.73 Å². The van der Waals surface area contributed by atoms with Crippen molar-refractivity contribution in [3.8, 4) is 0 Å². The van der Waals surface area contributed by atoms with E-state index in [1.807, 2.05) is 0 Å². The summed E-state index contributed by atoms with van der Waals surface area (Å²) in [6.45, 7) is 9.25. The highest BCUT2D eigenvalue weighted by Crippen LogP contribution is 2.15. The van der Waals surface area contributed by atoms with Crippen LogP contribution in [0.1, 0.15) is 19.4 Å². The summed E-state index contributed by atoms with van der Waals surface area (Å²) in [5.74, 6) is -0.193. The molecule has 0 radical (unpaired) electrons. The lowest BCUT2D eigenvalue weighted by Gasteiger charge is -2.37. The van der Waals surface area contributed by atoms with Crippen LogP contribution in [0.15, 0.2) is 18.2 Å². The fourth-order valence-corrected chi connectivity index (χ4v) is 2.37. The van der Waals surface area contributed by atoms with E-state index >= 15 is 0 Å². The second kappa shape index (κ2) is 5.67. The van der Waals surface area contributed by atoms with Crippen LogP contribution in [0.2, 0.25) is 0 Å². The maximum atomic E-state index is 13.7. The van der Waals surface area contributed by atoms with E-state index < -0.39 is 0 Å². The van der Waals surface area contributed by atoms with Gasteiger partial charge in [0.1, 0.15) is 5.82 Å². The first-order chi connectivity index (χ1) is 8.56. The number of hydrogen-bond donors (Lipinski definition) is 1. The highest BCUT2D eigenvalue weighted by atomic mass is 19.1. The van der Waals surface area contributed by atoms with Gasteiger partial charge in [0.25, 0.3) is 0 Å². The van der Waals surface area contributed by atoms with Crippen molar-refractivity contribution in [1.29, 1.82) is 0 Å². The predicted molar refractivity (Wildman–Crippen MR) is 72.8 cm³/mol. The van der Waals surface area contributed by atoms with Gasteiger partial charge in [0, 0.05) is 50.0 Å². The lowest BCUT2D eigenvalue weighted by atomic mass is 10.1. The van der Waals surface area contributed by atoms with Crippen molar-refractivity contribution in [2.75, 3.05) is 31.9 Å². The molecule has 18 heavy (non-hydrogen) atoms. The van der Waals surface area contributed by atoms with Crippen LogP contribution in [-0.4, -0.2) is 42.0 Å². The Morgan fingerprint density at radius 2 is 1.89 bits per heavy atom. The molecule has 0 aliphatic carbocycles. The average molecular weight is 251 g/mol. The molecule has 1 heterocycles. The van der Waals surface area contributed by atoms with Crippen LogP contribution in [0.3, 0.4) is 0 Å². The first kappa shape index (κ1) is 13.3. The monoisotopic (exact) mass is 251 g/mol. The summed E-state index contributed by atoms with van der Waals surface area (Å²) in [5, 5.41) is 0. The minimum atomic E-state index is -0.193. The molecule has 0 amide bonds. The van der Waals surface area contributed by atoms with Crippen molar-refractivity contribution < 1.29 is 4.39 Å². The van der Waals surface area contributed by atoms with E-state index in [1.165, 1.54) is 6.07 Å². The normalized spacial score (nSPS) is 18.4. The minimum Gasteiger partial charge on any atom is -0.399 e. The highest BCUT2D eigenvalue weighted by molar-refractivity contribution is 5.40. The number of benzene rings is 1. The third-order valence-electron chi connectivity index (χ3n) is 3.61. The Bertz CT molecular complexity index is 398. The van der Waals surface area contributed by atoms with Gasteiger partial charge in [-0.25, -0.2) is 4.39 Å². The molecule has 4 heteroatoms. The zero-order valence-electron chi connectivity index (χ0n) is 11.2. The van der Waals surface area contributed by atoms with Gasteiger partial charge >= 0.3 is 0 Å². The zero-order valence-corrected chi connectivity index (χ0v) is 11.2. The summed E-state index contributed by atoms with van der Waals surface area (Å²) in [6.07, 6.45) is 0. The lowest BCUT2D eigenvalue weighted by molar-refractivity contribution is 0.103. The third kappa shape index (κ3) is 3.21. The third-order valence-corrected chi connectivity index (χ3v) is 3.61. The van der Waals surface area contributed by atoms with Crippen LogP contribution in [0.4, 0.5) is 10.1 Å². The molecule has 1 aliphatic rings. The number of nitrogens with zero attached hydrogens (tertiary/aromatic N) is 2. The highest BCUT2D eigenvalue weighted by Gasteiger charge is 2.19. The van der Waals surface area contributed by atoms with Crippen LogP contribution in [-0.2, 0) is 6.54 Å². The van der Waals surface area contributed by atoms with E-state index in [0.29, 0.717) is 18.3 Å². The summed E-state index contributed by atoms with van der Waals surface area (Å²) in [4.78, 5) is 4.75. The number of hydrogen-bond acceptors (Lipinski definition) is 3. The topological polar surface area (TPSA) is 32.5 Å². The van der Waals surface area contributed by atoms with Crippen LogP contribution in [0.5, 0.6) is 0 Å². The molecular formula is C14H22FN3. The van der Waals surface area contributed by atoms with E-state index in [-0.39, 0.29) is 5.82 Å². The number of anilines is 1. The second-order valence-corrected chi connectivity index (χ2v) is 5.26. The standard InChI is InChI=1S/C14H22FN3/c1-11(2)18-7-5-17(6-8-18)10-12-3-4-13(16)9-14(12)15/h3-4,9,11H,5-8,10,16H2,1-2H3. The Morgan fingerprint density at radius 1 is 1.22 bits per heavy atom. The van der Waals surface area contributed by atoms with Gasteiger partial charge in [-0.2, -0.15) is 0 Å². The summed E-state index contributed by atoms with van der Waals surface area (Å²) >= 11 is 0. The predicted octanol–water partition coefficient (Wildman–Crippen LogP) is 1.93. The Kier molecular flexibility index (Phi) is 4.19. The van der Waals surface area contributed by atoms with Crippen LogP contribution < -0.4 is 5.73 Å². The molecule has 0 atom stereocenters. The van der Waals surface area contributed by atoms with Crippen molar-refractivity contribution in [1.82, 2.24) is 9.80 Å². The zero-order chi connectivity index (χ0) is 13.1. The van der Waals surface area contributed by atoms with Crippen molar-refractivity contribution >= 4 is 5.69 Å². The number of halogens is 1. The Morgan fingerprint density at radius 3 is 2.44 bits per heavy atom. The van der Waals surface area contributed by atoms with Crippen LogP contribution in [0.25, 0.3) is 0 Å². The van der Waals surface area contributed by atoms with Gasteiger partial charge in [-0.3, -0.25) is 9.80 Å². The SMILES string of the molecule is CC(C)N1CCN(Cc2ccc(N)cc2F)CC1. The molecule has 0 saturated carbocycles. The van der Waals surface area contributed by atoms with Crippen molar-refractivity contribution in [3.05, 3.63) is 29.6 Å². The summed E-state index contributed by atoms with van der Waals surface area (Å²) in [5.41, 5.74) is 6.78. The molecular weight excluding hydrogens is 229 g/mol. The van der Waals surface area contributed by atoms with Gasteiger partial charge in [0.05, 0.1) is 0 Å². The second-order valence-electron chi connectivity index (χ2n) is 5.26. The van der Waals surface area contributed by atoms with Gasteiger partial charge in [0.15, 0.2) is 0 Å². The van der Waals surface area contributed by atoms with Gasteiger partial charge in [-0.05, 0) is 26.0 Å². The first-order valence-electron chi connectivity index (χ1n) is 6.56. The quantitative estimate of drug-likeness (QED) is 0.833. The van der Waals surface area contributed by atoms with E-state index in [0.717, 1.165) is 31.7 Å². The fourth-order valence-electron chi connectivity index (χ4n) is 2.37. The molecule has 0 bridgehead atoms. The van der Waals surface area contributed by atoms with Gasteiger partial charge in [0.2, 0.25) is 0 Å². The van der Waals surface area contributed by atoms with Crippen molar-refractivity contribution in [2.24, 2.45) is 0 Å². The summed E-state index contributed by atoms with van der Waals surface area (Å²) in [6, 6.07) is 5.56. The Labute approximate surface area is 108 Å². The molecule has 0 aromatic heterocycles. The van der Waals surface area contributed by atoms with E-state index in [1.54, 1.807) is 12.1 Å². The maximum absolute atomic E-state index is 13.7. The number of piperazine rings is 1. The Balaban J connectivity index is 1.91. The average Bonchev–Trinajstić information content (AvgIpc) is 2.33. The largest absolute Gasteiger partial charge is 0.399 e. The van der Waals surface area contributed by atoms with E-state index in [2.05, 4.69) is 23.6 Å². The molecule has 2 N–H and O–H groups in total. The minimum absolute atomic E-state index is 0.193. The molecule has 1 aromatic rings. The van der Waals surface area contributed by atoms with E-state index in [9.17, 15) is 4.39 Å². The summed E-state index contributed by atoms with van der Waals surface area (Å²) in [7, 11) is 0. The molecule has 1 saturated heterocycles. The molecule has 3 nitrogen and oxygen atoms in total. The Hall–Kier alpha value is -1.13. The molecule has 1 aliphatic heterocycles. The van der Waals surface area contributed by atoms with Crippen LogP contribution >= 0.6 is 0 Å². The molecule has 1 aromatic carbocycles. The smallest absolute Gasteiger partial charge is 0.129 e. The maximum Gasteiger partial charge on any atom is 0.129 e. The molecule has 1 fully saturated rings.